The maximum atomic E-state index is 13.1. The summed E-state index contributed by atoms with van der Waals surface area (Å²) in [6.45, 7) is 3.98. The Balaban J connectivity index is 2.20. The molecule has 0 spiro atoms. The van der Waals surface area contributed by atoms with E-state index in [0.717, 1.165) is 28.2 Å². The fraction of sp³-hybridized carbons (Fsp3) is 0.333. The van der Waals surface area contributed by atoms with Gasteiger partial charge in [-0.1, -0.05) is 12.1 Å². The van der Waals surface area contributed by atoms with E-state index in [9.17, 15) is 4.39 Å². The van der Waals surface area contributed by atoms with Gasteiger partial charge in [0, 0.05) is 7.05 Å². The molecule has 0 amide bonds. The smallest absolute Gasteiger partial charge is 0.159 e. The van der Waals surface area contributed by atoms with E-state index in [4.69, 9.17) is 11.6 Å². The van der Waals surface area contributed by atoms with Crippen LogP contribution in [-0.2, 0) is 12.9 Å². The number of alkyl halides is 1. The Bertz CT molecular complexity index is 788. The summed E-state index contributed by atoms with van der Waals surface area (Å²) in [5, 5.41) is 4.41. The molecule has 0 aliphatic heterocycles. The Labute approximate surface area is 127 Å². The number of aryl methyl sites for hydroxylation is 2. The number of rotatable bonds is 3. The molecule has 3 aromatic rings. The summed E-state index contributed by atoms with van der Waals surface area (Å²) in [7, 11) is 1.89. The lowest BCUT2D eigenvalue weighted by molar-refractivity contribution is 0.600. The van der Waals surface area contributed by atoms with Crippen LogP contribution in [0.25, 0.3) is 11.2 Å². The van der Waals surface area contributed by atoms with Crippen LogP contribution in [0.5, 0.6) is 0 Å². The standard InChI is InChI=1S/C15H16ClFN4/c1-9-14-15(20(3)19-9)21(13(8-16)18-14)10(2)11-4-6-12(17)7-5-11/h4-7,10H,8H2,1-3H3. The summed E-state index contributed by atoms with van der Waals surface area (Å²) in [6, 6.07) is 6.50. The molecule has 0 fully saturated rings. The van der Waals surface area contributed by atoms with Gasteiger partial charge in [-0.05, 0) is 31.5 Å². The fourth-order valence-electron chi connectivity index (χ4n) is 2.73. The molecule has 110 valence electrons. The van der Waals surface area contributed by atoms with Crippen molar-refractivity contribution in [3.8, 4) is 0 Å². The summed E-state index contributed by atoms with van der Waals surface area (Å²) >= 11 is 6.05. The van der Waals surface area contributed by atoms with Crippen molar-refractivity contribution in [2.24, 2.45) is 7.05 Å². The van der Waals surface area contributed by atoms with Crippen LogP contribution in [0, 0.1) is 12.7 Å². The third-order valence-corrected chi connectivity index (χ3v) is 4.01. The molecule has 1 unspecified atom stereocenters. The highest BCUT2D eigenvalue weighted by Crippen LogP contribution is 2.28. The number of benzene rings is 1. The van der Waals surface area contributed by atoms with Crippen LogP contribution >= 0.6 is 11.6 Å². The first-order valence-corrected chi connectivity index (χ1v) is 7.28. The predicted octanol–water partition coefficient (Wildman–Crippen LogP) is 3.57. The van der Waals surface area contributed by atoms with Crippen LogP contribution in [0.1, 0.15) is 30.0 Å². The van der Waals surface area contributed by atoms with Gasteiger partial charge in [0.05, 0.1) is 17.6 Å². The largest absolute Gasteiger partial charge is 0.305 e. The molecule has 21 heavy (non-hydrogen) atoms. The normalized spacial score (nSPS) is 13.0. The van der Waals surface area contributed by atoms with Crippen molar-refractivity contribution in [2.75, 3.05) is 0 Å². The Kier molecular flexibility index (Phi) is 3.45. The van der Waals surface area contributed by atoms with E-state index < -0.39 is 0 Å². The van der Waals surface area contributed by atoms with Gasteiger partial charge < -0.3 is 4.57 Å². The lowest BCUT2D eigenvalue weighted by atomic mass is 10.1. The van der Waals surface area contributed by atoms with Crippen LogP contribution in [-0.4, -0.2) is 19.3 Å². The summed E-state index contributed by atoms with van der Waals surface area (Å²) in [6.07, 6.45) is 0. The van der Waals surface area contributed by atoms with E-state index in [2.05, 4.69) is 14.6 Å². The zero-order valence-electron chi connectivity index (χ0n) is 12.1. The van der Waals surface area contributed by atoms with Gasteiger partial charge in [0.1, 0.15) is 17.2 Å². The van der Waals surface area contributed by atoms with Crippen LogP contribution in [0.4, 0.5) is 4.39 Å². The zero-order chi connectivity index (χ0) is 15.1. The molecule has 0 radical (unpaired) electrons. The van der Waals surface area contributed by atoms with Gasteiger partial charge >= 0.3 is 0 Å². The first kappa shape index (κ1) is 14.1. The zero-order valence-corrected chi connectivity index (χ0v) is 12.9. The number of fused-ring (bicyclic) bond motifs is 1. The Morgan fingerprint density at radius 1 is 1.29 bits per heavy atom. The van der Waals surface area contributed by atoms with Crippen LogP contribution in [0.15, 0.2) is 24.3 Å². The summed E-state index contributed by atoms with van der Waals surface area (Å²) in [4.78, 5) is 4.59. The Morgan fingerprint density at radius 3 is 2.57 bits per heavy atom. The van der Waals surface area contributed by atoms with Crippen molar-refractivity contribution in [2.45, 2.75) is 25.8 Å². The van der Waals surface area contributed by atoms with E-state index in [1.165, 1.54) is 12.1 Å². The second-order valence-corrected chi connectivity index (χ2v) is 5.41. The van der Waals surface area contributed by atoms with Crippen molar-refractivity contribution >= 4 is 22.8 Å². The van der Waals surface area contributed by atoms with Gasteiger partial charge in [0.25, 0.3) is 0 Å². The average molecular weight is 307 g/mol. The minimum absolute atomic E-state index is 0.000787. The molecule has 0 saturated heterocycles. The number of nitrogens with zero attached hydrogens (tertiary/aromatic N) is 4. The topological polar surface area (TPSA) is 35.6 Å². The molecule has 2 aromatic heterocycles. The maximum Gasteiger partial charge on any atom is 0.159 e. The van der Waals surface area contributed by atoms with E-state index in [-0.39, 0.29) is 11.9 Å². The lowest BCUT2D eigenvalue weighted by Crippen LogP contribution is -2.12. The minimum Gasteiger partial charge on any atom is -0.305 e. The van der Waals surface area contributed by atoms with Gasteiger partial charge in [-0.3, -0.25) is 4.68 Å². The van der Waals surface area contributed by atoms with Gasteiger partial charge in [0.15, 0.2) is 5.65 Å². The van der Waals surface area contributed by atoms with Crippen LogP contribution in [0.3, 0.4) is 0 Å². The molecular weight excluding hydrogens is 291 g/mol. The van der Waals surface area contributed by atoms with Gasteiger partial charge in [-0.15, -0.1) is 11.6 Å². The van der Waals surface area contributed by atoms with Crippen molar-refractivity contribution < 1.29 is 4.39 Å². The third kappa shape index (κ3) is 2.21. The molecule has 0 aliphatic rings. The second-order valence-electron chi connectivity index (χ2n) is 5.14. The van der Waals surface area contributed by atoms with Crippen molar-refractivity contribution in [1.29, 1.82) is 0 Å². The molecule has 0 N–H and O–H groups in total. The van der Waals surface area contributed by atoms with Crippen LogP contribution in [0.2, 0.25) is 0 Å². The fourth-order valence-corrected chi connectivity index (χ4v) is 2.92. The molecule has 0 aliphatic carbocycles. The van der Waals surface area contributed by atoms with Gasteiger partial charge in [0.2, 0.25) is 0 Å². The number of hydrogen-bond acceptors (Lipinski definition) is 2. The number of imidazole rings is 1. The second kappa shape index (κ2) is 5.15. The van der Waals surface area contributed by atoms with E-state index in [1.54, 1.807) is 12.1 Å². The number of halogens is 2. The van der Waals surface area contributed by atoms with E-state index >= 15 is 0 Å². The average Bonchev–Trinajstić information content (AvgIpc) is 2.98. The molecule has 4 nitrogen and oxygen atoms in total. The Hall–Kier alpha value is -1.88. The molecule has 0 bridgehead atoms. The predicted molar refractivity (Wildman–Crippen MR) is 81.0 cm³/mol. The first-order valence-electron chi connectivity index (χ1n) is 6.74. The summed E-state index contributed by atoms with van der Waals surface area (Å²) in [5.41, 5.74) is 3.67. The Morgan fingerprint density at radius 2 is 1.95 bits per heavy atom. The SMILES string of the molecule is Cc1nn(C)c2c1nc(CCl)n2C(C)c1ccc(F)cc1. The molecule has 6 heteroatoms. The lowest BCUT2D eigenvalue weighted by Gasteiger charge is -2.17. The molecule has 3 rings (SSSR count). The molecule has 1 aromatic carbocycles. The summed E-state index contributed by atoms with van der Waals surface area (Å²) < 4.78 is 17.0. The monoisotopic (exact) mass is 306 g/mol. The molecule has 1 atom stereocenters. The summed E-state index contributed by atoms with van der Waals surface area (Å²) in [5.74, 6) is 0.870. The van der Waals surface area contributed by atoms with Crippen molar-refractivity contribution in [1.82, 2.24) is 19.3 Å². The molecule has 2 heterocycles. The van der Waals surface area contributed by atoms with Gasteiger partial charge in [-0.25, -0.2) is 9.37 Å². The highest BCUT2D eigenvalue weighted by atomic mass is 35.5. The van der Waals surface area contributed by atoms with E-state index in [1.807, 2.05) is 25.6 Å². The van der Waals surface area contributed by atoms with Gasteiger partial charge in [-0.2, -0.15) is 5.10 Å². The van der Waals surface area contributed by atoms with Crippen molar-refractivity contribution in [3.63, 3.8) is 0 Å². The number of hydrogen-bond donors (Lipinski definition) is 0. The van der Waals surface area contributed by atoms with Crippen molar-refractivity contribution in [3.05, 3.63) is 47.2 Å². The quantitative estimate of drug-likeness (QED) is 0.694. The highest BCUT2D eigenvalue weighted by Gasteiger charge is 2.21. The molecular formula is C15H16ClFN4. The first-order chi connectivity index (χ1) is 10.0. The molecule has 0 saturated carbocycles. The van der Waals surface area contributed by atoms with E-state index in [0.29, 0.717) is 5.88 Å². The van der Waals surface area contributed by atoms with Crippen LogP contribution < -0.4 is 0 Å². The maximum absolute atomic E-state index is 13.1. The number of aromatic nitrogens is 4. The third-order valence-electron chi connectivity index (χ3n) is 3.77. The minimum atomic E-state index is -0.240. The highest BCUT2D eigenvalue weighted by molar-refractivity contribution is 6.16.